The molecule has 92 heavy (non-hydrogen) atoms. The summed E-state index contributed by atoms with van der Waals surface area (Å²) in [5, 5.41) is 23.5. The number of hydrogen-bond acceptors (Lipinski definition) is 5. The number of esters is 1. The monoisotopic (exact) mass is 1290 g/mol. The minimum Gasteiger partial charge on any atom is -0.466 e. The molecule has 0 bridgehead atoms. The molecule has 0 aromatic rings. The number of amides is 1. The average molecular weight is 1290 g/mol. The second-order valence-corrected chi connectivity index (χ2v) is 29.2. The Hall–Kier alpha value is -1.92. The van der Waals surface area contributed by atoms with E-state index in [1.54, 1.807) is 0 Å². The summed E-state index contributed by atoms with van der Waals surface area (Å²) >= 11 is 0. The molecular formula is C86H165NO5. The van der Waals surface area contributed by atoms with Crippen molar-refractivity contribution in [1.82, 2.24) is 5.32 Å². The predicted octanol–water partition coefficient (Wildman–Crippen LogP) is 28.2. The Bertz CT molecular complexity index is 1490. The first-order valence-electron chi connectivity index (χ1n) is 42.2. The molecular weight excluding hydrogens is 1130 g/mol. The smallest absolute Gasteiger partial charge is 0.305 e. The highest BCUT2D eigenvalue weighted by Gasteiger charge is 2.20. The number of carbonyl (C=O) groups excluding carboxylic acids is 2. The maximum atomic E-state index is 12.6. The third-order valence-corrected chi connectivity index (χ3v) is 19.9. The number of allylic oxidation sites excluding steroid dienone is 6. The van der Waals surface area contributed by atoms with Gasteiger partial charge in [-0.1, -0.05) is 416 Å². The van der Waals surface area contributed by atoms with Crippen LogP contribution in [0.1, 0.15) is 476 Å². The van der Waals surface area contributed by atoms with Crippen molar-refractivity contribution >= 4 is 11.9 Å². The molecule has 0 radical (unpaired) electrons. The first-order valence-corrected chi connectivity index (χ1v) is 42.2. The van der Waals surface area contributed by atoms with Gasteiger partial charge in [-0.3, -0.25) is 9.59 Å². The Morgan fingerprint density at radius 2 is 0.543 bits per heavy atom. The molecule has 0 fully saturated rings. The summed E-state index contributed by atoms with van der Waals surface area (Å²) in [5.74, 6) is -0.0106. The highest BCUT2D eigenvalue weighted by molar-refractivity contribution is 5.76. The minimum atomic E-state index is -0.664. The van der Waals surface area contributed by atoms with E-state index in [2.05, 4.69) is 55.6 Å². The number of aliphatic hydroxyl groups is 2. The van der Waals surface area contributed by atoms with E-state index in [9.17, 15) is 19.8 Å². The summed E-state index contributed by atoms with van der Waals surface area (Å²) < 4.78 is 5.51. The largest absolute Gasteiger partial charge is 0.466 e. The molecule has 0 aliphatic carbocycles. The fourth-order valence-corrected chi connectivity index (χ4v) is 13.5. The Balaban J connectivity index is 3.36. The van der Waals surface area contributed by atoms with Gasteiger partial charge in [0, 0.05) is 12.8 Å². The molecule has 0 aliphatic heterocycles. The van der Waals surface area contributed by atoms with Crippen LogP contribution < -0.4 is 5.32 Å². The van der Waals surface area contributed by atoms with Crippen molar-refractivity contribution in [1.29, 1.82) is 0 Å². The summed E-state index contributed by atoms with van der Waals surface area (Å²) in [5.41, 5.74) is 0. The topological polar surface area (TPSA) is 95.9 Å². The van der Waals surface area contributed by atoms with Crippen LogP contribution in [0.2, 0.25) is 0 Å². The van der Waals surface area contributed by atoms with Gasteiger partial charge in [0.1, 0.15) is 0 Å². The zero-order valence-electron chi connectivity index (χ0n) is 62.6. The van der Waals surface area contributed by atoms with E-state index in [0.717, 1.165) is 51.4 Å². The summed E-state index contributed by atoms with van der Waals surface area (Å²) in [6.07, 6.45) is 107. The SMILES string of the molecule is CCCCCCCC/C=C\CCCCCCCCCC(=O)OCCCCCCCCCCCCCCC/C=C\C/C=C\CCCCCCCCCCCCCCCCCCCC(=O)NC(CO)C(O)CCCCCCCCCCCCCCCCCCCCCCC. The van der Waals surface area contributed by atoms with E-state index in [1.807, 2.05) is 0 Å². The van der Waals surface area contributed by atoms with E-state index in [-0.39, 0.29) is 18.5 Å². The van der Waals surface area contributed by atoms with E-state index in [4.69, 9.17) is 4.74 Å². The molecule has 6 heteroatoms. The molecule has 2 atom stereocenters. The minimum absolute atomic E-state index is 0.0163. The van der Waals surface area contributed by atoms with Gasteiger partial charge in [-0.2, -0.15) is 0 Å². The highest BCUT2D eigenvalue weighted by atomic mass is 16.5. The van der Waals surface area contributed by atoms with Crippen LogP contribution in [0, 0.1) is 0 Å². The molecule has 0 rings (SSSR count). The van der Waals surface area contributed by atoms with Crippen molar-refractivity contribution in [3.05, 3.63) is 36.5 Å². The van der Waals surface area contributed by atoms with E-state index >= 15 is 0 Å². The van der Waals surface area contributed by atoms with Crippen LogP contribution in [0.4, 0.5) is 0 Å². The molecule has 3 N–H and O–H groups in total. The number of nitrogens with one attached hydrogen (secondary N) is 1. The number of unbranched alkanes of at least 4 members (excludes halogenated alkanes) is 63. The van der Waals surface area contributed by atoms with Gasteiger partial charge < -0.3 is 20.3 Å². The molecule has 0 saturated heterocycles. The zero-order chi connectivity index (χ0) is 66.3. The Morgan fingerprint density at radius 3 is 0.837 bits per heavy atom. The molecule has 0 heterocycles. The second kappa shape index (κ2) is 81.5. The van der Waals surface area contributed by atoms with E-state index in [1.165, 1.54) is 392 Å². The van der Waals surface area contributed by atoms with E-state index < -0.39 is 12.1 Å². The molecule has 0 aliphatic rings. The van der Waals surface area contributed by atoms with Crippen LogP contribution in [0.5, 0.6) is 0 Å². The van der Waals surface area contributed by atoms with Crippen molar-refractivity contribution < 1.29 is 24.5 Å². The summed E-state index contributed by atoms with van der Waals surface area (Å²) in [6, 6.07) is -0.541. The van der Waals surface area contributed by atoms with Crippen molar-refractivity contribution in [3.63, 3.8) is 0 Å². The van der Waals surface area contributed by atoms with E-state index in [0.29, 0.717) is 25.9 Å². The lowest BCUT2D eigenvalue weighted by Gasteiger charge is -2.22. The average Bonchev–Trinajstić information content (AvgIpc) is 3.62. The Kier molecular flexibility index (Phi) is 79.8. The first-order chi connectivity index (χ1) is 45.5. The van der Waals surface area contributed by atoms with Gasteiger partial charge in [0.05, 0.1) is 25.4 Å². The second-order valence-electron chi connectivity index (χ2n) is 29.2. The third-order valence-electron chi connectivity index (χ3n) is 19.9. The van der Waals surface area contributed by atoms with Crippen molar-refractivity contribution in [2.45, 2.75) is 488 Å². The van der Waals surface area contributed by atoms with Crippen molar-refractivity contribution in [2.75, 3.05) is 13.2 Å². The maximum Gasteiger partial charge on any atom is 0.305 e. The van der Waals surface area contributed by atoms with Crippen LogP contribution in [-0.4, -0.2) is 47.4 Å². The van der Waals surface area contributed by atoms with Gasteiger partial charge in [0.15, 0.2) is 0 Å². The van der Waals surface area contributed by atoms with Gasteiger partial charge >= 0.3 is 5.97 Å². The normalized spacial score (nSPS) is 12.6. The molecule has 2 unspecified atom stereocenters. The van der Waals surface area contributed by atoms with Gasteiger partial charge in [0.25, 0.3) is 0 Å². The molecule has 544 valence electrons. The quantitative estimate of drug-likeness (QED) is 0.0320. The molecule has 1 amide bonds. The molecule has 0 aromatic heterocycles. The van der Waals surface area contributed by atoms with Gasteiger partial charge in [-0.15, -0.1) is 0 Å². The van der Waals surface area contributed by atoms with Crippen LogP contribution in [0.3, 0.4) is 0 Å². The predicted molar refractivity (Wildman–Crippen MR) is 407 cm³/mol. The summed E-state index contributed by atoms with van der Waals surface area (Å²) in [4.78, 5) is 24.7. The number of ether oxygens (including phenoxy) is 1. The third kappa shape index (κ3) is 77.1. The molecule has 0 aromatic carbocycles. The number of rotatable bonds is 80. The lowest BCUT2D eigenvalue weighted by Crippen LogP contribution is -2.45. The Labute approximate surface area is 576 Å². The van der Waals surface area contributed by atoms with Crippen LogP contribution in [0.25, 0.3) is 0 Å². The first kappa shape index (κ1) is 90.1. The van der Waals surface area contributed by atoms with Crippen molar-refractivity contribution in [2.24, 2.45) is 0 Å². The van der Waals surface area contributed by atoms with Crippen LogP contribution >= 0.6 is 0 Å². The van der Waals surface area contributed by atoms with Gasteiger partial charge in [0.2, 0.25) is 5.91 Å². The molecule has 0 spiro atoms. The Morgan fingerprint density at radius 1 is 0.304 bits per heavy atom. The van der Waals surface area contributed by atoms with Gasteiger partial charge in [-0.25, -0.2) is 0 Å². The highest BCUT2D eigenvalue weighted by Crippen LogP contribution is 2.20. The summed E-state index contributed by atoms with van der Waals surface area (Å²) in [6.45, 7) is 5.00. The lowest BCUT2D eigenvalue weighted by atomic mass is 10.0. The lowest BCUT2D eigenvalue weighted by molar-refractivity contribution is -0.143. The fourth-order valence-electron chi connectivity index (χ4n) is 13.5. The van der Waals surface area contributed by atoms with Crippen molar-refractivity contribution in [3.8, 4) is 0 Å². The van der Waals surface area contributed by atoms with Crippen LogP contribution in [-0.2, 0) is 14.3 Å². The summed E-state index contributed by atoms with van der Waals surface area (Å²) in [7, 11) is 0. The van der Waals surface area contributed by atoms with Crippen LogP contribution in [0.15, 0.2) is 36.5 Å². The maximum absolute atomic E-state index is 12.6. The van der Waals surface area contributed by atoms with Gasteiger partial charge in [-0.05, 0) is 83.5 Å². The molecule has 6 nitrogen and oxygen atoms in total. The standard InChI is InChI=1S/C86H165NO5/c1-3-5-7-9-11-13-15-17-19-21-22-40-43-47-50-54-58-62-66-70-74-78-84(89)83(82-88)87-85(90)79-75-71-67-63-59-55-51-48-44-41-38-36-34-32-30-28-26-24-23-25-27-29-31-33-35-37-39-42-45-49-53-57-61-65-69-73-77-81-92-86(91)80-76-72-68-64-60-56-52-46-20-18-16-14-12-10-8-6-4-2/h18,20,23,25,29,31,83-84,88-89H,3-17,19,21-22,24,26-28,30,32-82H2,1-2H3,(H,87,90)/b20-18-,25-23-,31-29-. The number of aliphatic hydroxyl groups excluding tert-OH is 2. The fraction of sp³-hybridized carbons (Fsp3) is 0.907. The number of carbonyl (C=O) groups is 2. The molecule has 0 saturated carbocycles. The zero-order valence-corrected chi connectivity index (χ0v) is 62.6. The number of hydrogen-bond donors (Lipinski definition) is 3.